The Bertz CT molecular complexity index is 532. The molecule has 2 N–H and O–H groups in total. The Morgan fingerprint density at radius 3 is 2.87 bits per heavy atom. The average Bonchev–Trinajstić information content (AvgIpc) is 3.07. The summed E-state index contributed by atoms with van der Waals surface area (Å²) in [5.41, 5.74) is 8.23. The summed E-state index contributed by atoms with van der Waals surface area (Å²) in [5, 5.41) is 2.32. The average molecular weight is 263 g/mol. The van der Waals surface area contributed by atoms with Crippen LogP contribution in [0.15, 0.2) is 29.0 Å². The molecule has 1 aromatic carbocycles. The summed E-state index contributed by atoms with van der Waals surface area (Å²) in [5.74, 6) is 0.729. The Morgan fingerprint density at radius 1 is 1.33 bits per heavy atom. The predicted octanol–water partition coefficient (Wildman–Crippen LogP) is 3.46. The number of nitrogens with two attached hydrogens (primary N) is 1. The van der Waals surface area contributed by atoms with Crippen LogP contribution in [0.25, 0.3) is 10.8 Å². The van der Waals surface area contributed by atoms with Crippen LogP contribution in [0.5, 0.6) is 0 Å². The van der Waals surface area contributed by atoms with Gasteiger partial charge in [0.15, 0.2) is 0 Å². The van der Waals surface area contributed by atoms with Gasteiger partial charge in [-0.3, -0.25) is 4.98 Å². The van der Waals surface area contributed by atoms with Crippen LogP contribution in [0.3, 0.4) is 0 Å². The van der Waals surface area contributed by atoms with Gasteiger partial charge in [-0.1, -0.05) is 0 Å². The molecule has 1 saturated carbocycles. The number of halogens is 1. The van der Waals surface area contributed by atoms with Gasteiger partial charge >= 0.3 is 0 Å². The number of aromatic nitrogens is 1. The van der Waals surface area contributed by atoms with Crippen LogP contribution < -0.4 is 5.73 Å². The van der Waals surface area contributed by atoms with Gasteiger partial charge in [-0.2, -0.15) is 0 Å². The fourth-order valence-electron chi connectivity index (χ4n) is 2.01. The van der Waals surface area contributed by atoms with E-state index in [1.54, 1.807) is 0 Å². The first-order chi connectivity index (χ1) is 7.27. The van der Waals surface area contributed by atoms with E-state index in [0.29, 0.717) is 0 Å². The van der Waals surface area contributed by atoms with Crippen LogP contribution in [0, 0.1) is 0 Å². The lowest BCUT2D eigenvalue weighted by Crippen LogP contribution is -1.93. The number of pyridine rings is 1. The molecule has 0 unspecified atom stereocenters. The fourth-order valence-corrected chi connectivity index (χ4v) is 2.47. The Kier molecular flexibility index (Phi) is 1.96. The molecule has 15 heavy (non-hydrogen) atoms. The van der Waals surface area contributed by atoms with Gasteiger partial charge in [0, 0.05) is 22.3 Å². The molecule has 3 rings (SSSR count). The van der Waals surface area contributed by atoms with E-state index < -0.39 is 0 Å². The van der Waals surface area contributed by atoms with Crippen molar-refractivity contribution in [2.24, 2.45) is 0 Å². The van der Waals surface area contributed by atoms with Crippen molar-refractivity contribution in [1.29, 1.82) is 0 Å². The highest BCUT2D eigenvalue weighted by Crippen LogP contribution is 2.45. The summed E-state index contributed by atoms with van der Waals surface area (Å²) >= 11 is 3.51. The second-order valence-electron chi connectivity index (χ2n) is 4.06. The summed E-state index contributed by atoms with van der Waals surface area (Å²) < 4.78 is 0.991. The van der Waals surface area contributed by atoms with Gasteiger partial charge in [0.05, 0.1) is 5.69 Å². The van der Waals surface area contributed by atoms with Gasteiger partial charge in [-0.15, -0.1) is 0 Å². The maximum Gasteiger partial charge on any atom is 0.0554 e. The van der Waals surface area contributed by atoms with E-state index in [-0.39, 0.29) is 0 Å². The van der Waals surface area contributed by atoms with E-state index in [2.05, 4.69) is 33.0 Å². The minimum atomic E-state index is 0.729. The molecule has 0 spiro atoms. The van der Waals surface area contributed by atoms with Crippen LogP contribution in [-0.2, 0) is 0 Å². The lowest BCUT2D eigenvalue weighted by atomic mass is 10.0. The largest absolute Gasteiger partial charge is 0.397 e. The van der Waals surface area contributed by atoms with E-state index in [9.17, 15) is 0 Å². The molecule has 1 heterocycles. The highest BCUT2D eigenvalue weighted by atomic mass is 79.9. The molecule has 1 aromatic heterocycles. The molecular formula is C12H11BrN2. The molecule has 76 valence electrons. The van der Waals surface area contributed by atoms with Crippen molar-refractivity contribution < 1.29 is 0 Å². The fraction of sp³-hybridized carbons (Fsp3) is 0.250. The third kappa shape index (κ3) is 1.42. The van der Waals surface area contributed by atoms with Crippen molar-refractivity contribution in [3.8, 4) is 0 Å². The molecule has 0 aliphatic heterocycles. The molecule has 2 nitrogen and oxygen atoms in total. The lowest BCUT2D eigenvalue weighted by molar-refractivity contribution is 1.15. The molecule has 1 aliphatic carbocycles. The maximum atomic E-state index is 6.02. The maximum absolute atomic E-state index is 6.02. The summed E-state index contributed by atoms with van der Waals surface area (Å²) in [6.07, 6.45) is 6.28. The van der Waals surface area contributed by atoms with Gasteiger partial charge in [-0.25, -0.2) is 0 Å². The first-order valence-corrected chi connectivity index (χ1v) is 5.88. The highest BCUT2D eigenvalue weighted by Gasteiger charge is 2.26. The zero-order chi connectivity index (χ0) is 10.4. The van der Waals surface area contributed by atoms with Crippen molar-refractivity contribution in [2.75, 3.05) is 5.73 Å². The first kappa shape index (κ1) is 9.16. The number of rotatable bonds is 1. The minimum Gasteiger partial charge on any atom is -0.397 e. The van der Waals surface area contributed by atoms with Crippen LogP contribution in [0.4, 0.5) is 5.69 Å². The number of anilines is 1. The SMILES string of the molecule is Nc1c(Br)cc(C2CC2)c2ccncc12. The Morgan fingerprint density at radius 2 is 2.13 bits per heavy atom. The highest BCUT2D eigenvalue weighted by molar-refractivity contribution is 9.10. The molecular weight excluding hydrogens is 252 g/mol. The standard InChI is InChI=1S/C12H11BrN2/c13-11-5-9(7-1-2-7)8-3-4-15-6-10(8)12(11)14/h3-7H,1-2,14H2. The van der Waals surface area contributed by atoms with Gasteiger partial charge in [-0.05, 0) is 57.8 Å². The number of benzene rings is 1. The number of hydrogen-bond acceptors (Lipinski definition) is 2. The molecule has 1 aliphatic rings. The minimum absolute atomic E-state index is 0.729. The van der Waals surface area contributed by atoms with E-state index >= 15 is 0 Å². The Hall–Kier alpha value is -1.09. The number of fused-ring (bicyclic) bond motifs is 1. The summed E-state index contributed by atoms with van der Waals surface area (Å²) in [6.45, 7) is 0. The van der Waals surface area contributed by atoms with Crippen molar-refractivity contribution in [3.63, 3.8) is 0 Å². The summed E-state index contributed by atoms with van der Waals surface area (Å²) in [7, 11) is 0. The Labute approximate surface area is 96.6 Å². The molecule has 0 amide bonds. The monoisotopic (exact) mass is 262 g/mol. The van der Waals surface area contributed by atoms with E-state index in [1.165, 1.54) is 23.8 Å². The zero-order valence-corrected chi connectivity index (χ0v) is 9.79. The molecule has 0 radical (unpaired) electrons. The molecule has 1 fully saturated rings. The van der Waals surface area contributed by atoms with E-state index in [4.69, 9.17) is 5.73 Å². The van der Waals surface area contributed by atoms with E-state index in [0.717, 1.165) is 21.5 Å². The number of nitrogen functional groups attached to an aromatic ring is 1. The Balaban J connectivity index is 2.39. The molecule has 0 saturated heterocycles. The third-order valence-electron chi connectivity index (χ3n) is 2.98. The van der Waals surface area contributed by atoms with E-state index in [1.807, 2.05) is 12.4 Å². The van der Waals surface area contributed by atoms with Crippen LogP contribution in [0.1, 0.15) is 24.3 Å². The molecule has 2 aromatic rings. The van der Waals surface area contributed by atoms with Crippen LogP contribution >= 0.6 is 15.9 Å². The van der Waals surface area contributed by atoms with Crippen LogP contribution in [-0.4, -0.2) is 4.98 Å². The van der Waals surface area contributed by atoms with Gasteiger partial charge in [0.25, 0.3) is 0 Å². The van der Waals surface area contributed by atoms with Crippen molar-refractivity contribution in [1.82, 2.24) is 4.98 Å². The smallest absolute Gasteiger partial charge is 0.0554 e. The normalized spacial score (nSPS) is 15.8. The topological polar surface area (TPSA) is 38.9 Å². The summed E-state index contributed by atoms with van der Waals surface area (Å²) in [6, 6.07) is 4.22. The molecule has 3 heteroatoms. The lowest BCUT2D eigenvalue weighted by Gasteiger charge is -2.09. The van der Waals surface area contributed by atoms with Crippen molar-refractivity contribution in [3.05, 3.63) is 34.6 Å². The predicted molar refractivity (Wildman–Crippen MR) is 65.8 cm³/mol. The third-order valence-corrected chi connectivity index (χ3v) is 3.64. The molecule has 0 atom stereocenters. The first-order valence-electron chi connectivity index (χ1n) is 5.09. The second-order valence-corrected chi connectivity index (χ2v) is 4.91. The summed E-state index contributed by atoms with van der Waals surface area (Å²) in [4.78, 5) is 4.13. The van der Waals surface area contributed by atoms with Gasteiger partial charge in [0.2, 0.25) is 0 Å². The molecule has 0 bridgehead atoms. The second kappa shape index (κ2) is 3.20. The van der Waals surface area contributed by atoms with Crippen molar-refractivity contribution >= 4 is 32.4 Å². The quantitative estimate of drug-likeness (QED) is 0.800. The van der Waals surface area contributed by atoms with Crippen molar-refractivity contribution in [2.45, 2.75) is 18.8 Å². The van der Waals surface area contributed by atoms with Gasteiger partial charge < -0.3 is 5.73 Å². The number of hydrogen-bond donors (Lipinski definition) is 1. The zero-order valence-electron chi connectivity index (χ0n) is 8.20. The van der Waals surface area contributed by atoms with Gasteiger partial charge in [0.1, 0.15) is 0 Å². The van der Waals surface area contributed by atoms with Crippen LogP contribution in [0.2, 0.25) is 0 Å². The number of nitrogens with zero attached hydrogens (tertiary/aromatic N) is 1.